The second-order valence-electron chi connectivity index (χ2n) is 9.16. The highest BCUT2D eigenvalue weighted by Gasteiger charge is 2.35. The smallest absolute Gasteiger partial charge is 0.310 e. The van der Waals surface area contributed by atoms with Crippen LogP contribution >= 0.6 is 11.6 Å². The highest BCUT2D eigenvalue weighted by atomic mass is 35.5. The molecule has 0 N–H and O–H groups in total. The third kappa shape index (κ3) is 6.27. The summed E-state index contributed by atoms with van der Waals surface area (Å²) < 4.78 is 53.2. The van der Waals surface area contributed by atoms with Crippen molar-refractivity contribution in [2.75, 3.05) is 10.8 Å². The predicted molar refractivity (Wildman–Crippen MR) is 126 cm³/mol. The molecule has 34 heavy (non-hydrogen) atoms. The van der Waals surface area contributed by atoms with Crippen LogP contribution in [0.1, 0.15) is 46.1 Å². The molecule has 0 aromatic heterocycles. The van der Waals surface area contributed by atoms with Crippen LogP contribution in [0.2, 0.25) is 5.02 Å². The molecule has 1 aliphatic heterocycles. The summed E-state index contributed by atoms with van der Waals surface area (Å²) in [5, 5.41) is -0.318. The van der Waals surface area contributed by atoms with Crippen LogP contribution in [0.4, 0.5) is 10.1 Å². The molecule has 10 heteroatoms. The van der Waals surface area contributed by atoms with E-state index in [0.29, 0.717) is 17.7 Å². The van der Waals surface area contributed by atoms with Gasteiger partial charge in [0.25, 0.3) is 10.0 Å². The van der Waals surface area contributed by atoms with Crippen molar-refractivity contribution in [1.82, 2.24) is 0 Å². The molecular weight excluding hydrogens is 485 g/mol. The molecule has 0 fully saturated rings. The zero-order valence-electron chi connectivity index (χ0n) is 19.4. The first-order valence-corrected chi connectivity index (χ1v) is 12.6. The monoisotopic (exact) mass is 511 g/mol. The summed E-state index contributed by atoms with van der Waals surface area (Å²) in [6.07, 6.45) is -0.0783. The molecule has 0 amide bonds. The maximum atomic E-state index is 13.7. The van der Waals surface area contributed by atoms with Gasteiger partial charge in [-0.15, -0.1) is 0 Å². The molecule has 3 rings (SSSR count). The SMILES string of the molecule is CC(=O)CC[C@H]1CN(S(=O)(=O)c2ccc(F)c(Cl)c2)c2cc(CC(=O)OC(C)(C)C)ccc2O1. The summed E-state index contributed by atoms with van der Waals surface area (Å²) in [5.74, 6) is -0.934. The maximum Gasteiger partial charge on any atom is 0.310 e. The molecule has 184 valence electrons. The lowest BCUT2D eigenvalue weighted by Crippen LogP contribution is -2.43. The Morgan fingerprint density at radius 1 is 1.21 bits per heavy atom. The number of fused-ring (bicyclic) bond motifs is 1. The molecule has 0 bridgehead atoms. The van der Waals surface area contributed by atoms with E-state index in [1.807, 2.05) is 0 Å². The lowest BCUT2D eigenvalue weighted by Gasteiger charge is -2.36. The summed E-state index contributed by atoms with van der Waals surface area (Å²) in [6, 6.07) is 7.99. The number of rotatable bonds is 7. The minimum absolute atomic E-state index is 0.0400. The average Bonchev–Trinajstić information content (AvgIpc) is 2.72. The topological polar surface area (TPSA) is 90.0 Å². The van der Waals surface area contributed by atoms with E-state index in [1.54, 1.807) is 39.0 Å². The standard InChI is InChI=1S/C24H27ClFNO6S/c1-15(28)5-7-17-14-27(34(30,31)18-8-9-20(26)19(25)13-18)21-11-16(6-10-22(21)32-17)12-23(29)33-24(2,3)4/h6,8-11,13,17H,5,7,12,14H2,1-4H3/t17-/m0/s1. The molecule has 0 aliphatic carbocycles. The van der Waals surface area contributed by atoms with E-state index in [0.717, 1.165) is 22.5 Å². The quantitative estimate of drug-likeness (QED) is 0.501. The fourth-order valence-electron chi connectivity index (χ4n) is 3.52. The van der Waals surface area contributed by atoms with Crippen LogP contribution in [0.5, 0.6) is 5.75 Å². The summed E-state index contributed by atoms with van der Waals surface area (Å²) in [5.41, 5.74) is 0.118. The van der Waals surface area contributed by atoms with E-state index < -0.39 is 33.5 Å². The van der Waals surface area contributed by atoms with Gasteiger partial charge in [0.15, 0.2) is 0 Å². The first-order valence-electron chi connectivity index (χ1n) is 10.7. The molecule has 2 aromatic rings. The number of carbonyl (C=O) groups is 2. The Bertz CT molecular complexity index is 1210. The van der Waals surface area contributed by atoms with Gasteiger partial charge in [-0.05, 0) is 70.0 Å². The lowest BCUT2D eigenvalue weighted by atomic mass is 10.1. The molecule has 0 saturated heterocycles. The molecule has 0 radical (unpaired) electrons. The number of hydrogen-bond donors (Lipinski definition) is 0. The predicted octanol–water partition coefficient (Wildman–Crippen LogP) is 4.69. The highest BCUT2D eigenvalue weighted by molar-refractivity contribution is 7.92. The Balaban J connectivity index is 2.00. The van der Waals surface area contributed by atoms with Gasteiger partial charge in [-0.1, -0.05) is 17.7 Å². The van der Waals surface area contributed by atoms with Crippen LogP contribution < -0.4 is 9.04 Å². The van der Waals surface area contributed by atoms with E-state index >= 15 is 0 Å². The Morgan fingerprint density at radius 2 is 1.91 bits per heavy atom. The molecule has 0 saturated carbocycles. The fourth-order valence-corrected chi connectivity index (χ4v) is 5.29. The largest absolute Gasteiger partial charge is 0.486 e. The maximum absolute atomic E-state index is 13.7. The van der Waals surface area contributed by atoms with E-state index in [2.05, 4.69) is 0 Å². The zero-order valence-corrected chi connectivity index (χ0v) is 21.0. The summed E-state index contributed by atoms with van der Waals surface area (Å²) in [7, 11) is -4.16. The van der Waals surface area contributed by atoms with Crippen LogP contribution in [0.25, 0.3) is 0 Å². The number of ether oxygens (including phenoxy) is 2. The van der Waals surface area contributed by atoms with Crippen molar-refractivity contribution in [1.29, 1.82) is 0 Å². The van der Waals surface area contributed by atoms with Gasteiger partial charge in [-0.2, -0.15) is 0 Å². The van der Waals surface area contributed by atoms with E-state index in [1.165, 1.54) is 6.92 Å². The van der Waals surface area contributed by atoms with Crippen molar-refractivity contribution >= 4 is 39.1 Å². The Morgan fingerprint density at radius 3 is 2.53 bits per heavy atom. The number of sulfonamides is 1. The summed E-state index contributed by atoms with van der Waals surface area (Å²) in [4.78, 5) is 23.6. The third-order valence-corrected chi connectivity index (χ3v) is 7.09. The number of Topliss-reactive ketones (excluding diaryl/α,β-unsaturated/α-hetero) is 1. The normalized spacial score (nSPS) is 15.9. The van der Waals surface area contributed by atoms with Crippen molar-refractivity contribution in [3.05, 3.63) is 52.8 Å². The lowest BCUT2D eigenvalue weighted by molar-refractivity contribution is -0.153. The Hall–Kier alpha value is -2.65. The highest BCUT2D eigenvalue weighted by Crippen LogP contribution is 2.39. The average molecular weight is 512 g/mol. The van der Waals surface area contributed by atoms with E-state index in [9.17, 15) is 22.4 Å². The van der Waals surface area contributed by atoms with Crippen molar-refractivity contribution in [2.24, 2.45) is 0 Å². The number of halogens is 2. The molecule has 2 aromatic carbocycles. The summed E-state index contributed by atoms with van der Waals surface area (Å²) >= 11 is 5.84. The number of nitrogens with zero attached hydrogens (tertiary/aromatic N) is 1. The second-order valence-corrected chi connectivity index (χ2v) is 11.4. The van der Waals surface area contributed by atoms with Gasteiger partial charge in [0.05, 0.1) is 28.6 Å². The van der Waals surface area contributed by atoms with Gasteiger partial charge in [-0.3, -0.25) is 9.10 Å². The second kappa shape index (κ2) is 9.92. The van der Waals surface area contributed by atoms with Crippen molar-refractivity contribution in [3.8, 4) is 5.75 Å². The van der Waals surface area contributed by atoms with Gasteiger partial charge in [0, 0.05) is 6.42 Å². The molecule has 0 unspecified atom stereocenters. The molecule has 0 spiro atoms. The minimum atomic E-state index is -4.16. The fraction of sp³-hybridized carbons (Fsp3) is 0.417. The van der Waals surface area contributed by atoms with Gasteiger partial charge in [0.1, 0.15) is 29.1 Å². The number of ketones is 1. The molecular formula is C24H27ClFNO6S. The van der Waals surface area contributed by atoms with Gasteiger partial charge < -0.3 is 14.3 Å². The number of anilines is 1. The van der Waals surface area contributed by atoms with Crippen LogP contribution in [0, 0.1) is 5.82 Å². The number of hydrogen-bond acceptors (Lipinski definition) is 6. The van der Waals surface area contributed by atoms with Crippen LogP contribution in [0.3, 0.4) is 0 Å². The molecule has 1 aliphatic rings. The Kier molecular flexibility index (Phi) is 7.57. The first-order chi connectivity index (χ1) is 15.8. The third-order valence-electron chi connectivity index (χ3n) is 5.02. The van der Waals surface area contributed by atoms with Crippen molar-refractivity contribution in [3.63, 3.8) is 0 Å². The van der Waals surface area contributed by atoms with Crippen LogP contribution in [0.15, 0.2) is 41.3 Å². The van der Waals surface area contributed by atoms with Gasteiger partial charge >= 0.3 is 5.97 Å². The number of benzene rings is 2. The van der Waals surface area contributed by atoms with Crippen molar-refractivity contribution in [2.45, 2.75) is 63.6 Å². The molecule has 7 nitrogen and oxygen atoms in total. The minimum Gasteiger partial charge on any atom is -0.486 e. The van der Waals surface area contributed by atoms with Gasteiger partial charge in [0.2, 0.25) is 0 Å². The molecule has 1 heterocycles. The zero-order chi connectivity index (χ0) is 25.3. The van der Waals surface area contributed by atoms with Crippen LogP contribution in [-0.4, -0.2) is 38.4 Å². The van der Waals surface area contributed by atoms with E-state index in [4.69, 9.17) is 21.1 Å². The summed E-state index contributed by atoms with van der Waals surface area (Å²) in [6.45, 7) is 6.67. The van der Waals surface area contributed by atoms with Crippen LogP contribution in [-0.2, 0) is 30.8 Å². The molecule has 1 atom stereocenters. The van der Waals surface area contributed by atoms with Gasteiger partial charge in [-0.25, -0.2) is 12.8 Å². The van der Waals surface area contributed by atoms with E-state index in [-0.39, 0.29) is 40.8 Å². The number of carbonyl (C=O) groups excluding carboxylic acids is 2. The Labute approximate surface area is 203 Å². The van der Waals surface area contributed by atoms with Crippen molar-refractivity contribution < 1.29 is 31.9 Å². The first kappa shape index (κ1) is 26.0. The number of esters is 1.